The fourth-order valence-electron chi connectivity index (χ4n) is 2.25. The second-order valence-corrected chi connectivity index (χ2v) is 5.91. The first-order valence-electron chi connectivity index (χ1n) is 8.00. The van der Waals surface area contributed by atoms with Crippen LogP contribution in [0.25, 0.3) is 0 Å². The molecule has 0 rings (SSSR count). The largest absolute Gasteiger partial charge is 1.00 e. The molecule has 0 radical (unpaired) electrons. The van der Waals surface area contributed by atoms with Gasteiger partial charge in [-0.1, -0.05) is 84.0 Å². The molecule has 1 unspecified atom stereocenters. The summed E-state index contributed by atoms with van der Waals surface area (Å²) in [7, 11) is 0. The molecule has 0 aromatic heterocycles. The van der Waals surface area contributed by atoms with Gasteiger partial charge in [0.05, 0.1) is 18.0 Å². The Morgan fingerprint density at radius 3 is 1.50 bits per heavy atom. The summed E-state index contributed by atoms with van der Waals surface area (Å²) in [4.78, 5) is 0. The second kappa shape index (κ2) is 20.1. The van der Waals surface area contributed by atoms with Crippen LogP contribution in [0, 0.1) is 0 Å². The zero-order chi connectivity index (χ0) is 14.2. The molecular formula is C15H32NaO3S-. The third kappa shape index (κ3) is 21.4. The SMILES string of the molecule is CCCCCCCCCCCCCCCOS(=O)[O-].[H-].[Na+]. The molecule has 1 atom stereocenters. The predicted octanol–water partition coefficient (Wildman–Crippen LogP) is 2.00. The van der Waals surface area contributed by atoms with Gasteiger partial charge in [0, 0.05) is 0 Å². The van der Waals surface area contributed by atoms with Crippen molar-refractivity contribution in [1.82, 2.24) is 0 Å². The van der Waals surface area contributed by atoms with Crippen LogP contribution < -0.4 is 29.6 Å². The molecule has 0 bridgehead atoms. The molecule has 0 saturated heterocycles. The van der Waals surface area contributed by atoms with Crippen molar-refractivity contribution in [3.05, 3.63) is 0 Å². The Morgan fingerprint density at radius 2 is 1.15 bits per heavy atom. The van der Waals surface area contributed by atoms with Crippen LogP contribution in [0.4, 0.5) is 0 Å². The smallest absolute Gasteiger partial charge is 1.00 e. The van der Waals surface area contributed by atoms with Crippen LogP contribution >= 0.6 is 0 Å². The van der Waals surface area contributed by atoms with E-state index in [2.05, 4.69) is 11.1 Å². The van der Waals surface area contributed by atoms with E-state index in [0.29, 0.717) is 6.61 Å². The Morgan fingerprint density at radius 1 is 0.800 bits per heavy atom. The van der Waals surface area contributed by atoms with E-state index in [-0.39, 0.29) is 31.0 Å². The number of hydrogen-bond acceptors (Lipinski definition) is 3. The van der Waals surface area contributed by atoms with Gasteiger partial charge < -0.3 is 10.2 Å². The van der Waals surface area contributed by atoms with Gasteiger partial charge in [0.2, 0.25) is 0 Å². The topological polar surface area (TPSA) is 49.4 Å². The molecule has 0 aromatic rings. The molecule has 3 nitrogen and oxygen atoms in total. The van der Waals surface area contributed by atoms with E-state index in [1.54, 1.807) is 0 Å². The maximum Gasteiger partial charge on any atom is 1.00 e. The number of hydrogen-bond donors (Lipinski definition) is 0. The normalized spacial score (nSPS) is 12.1. The first-order chi connectivity index (χ1) is 9.27. The Bertz CT molecular complexity index is 209. The van der Waals surface area contributed by atoms with E-state index in [1.807, 2.05) is 0 Å². The van der Waals surface area contributed by atoms with Crippen LogP contribution in [0.5, 0.6) is 0 Å². The zero-order valence-electron chi connectivity index (χ0n) is 14.5. The summed E-state index contributed by atoms with van der Waals surface area (Å²) in [6.45, 7) is 2.60. The van der Waals surface area contributed by atoms with Crippen LogP contribution in [-0.2, 0) is 15.5 Å². The number of unbranched alkanes of at least 4 members (excludes halogenated alkanes) is 12. The minimum absolute atomic E-state index is 0. The van der Waals surface area contributed by atoms with Crippen molar-refractivity contribution >= 4 is 11.4 Å². The molecule has 118 valence electrons. The van der Waals surface area contributed by atoms with Crippen molar-refractivity contribution in [2.45, 2.75) is 90.4 Å². The maximum absolute atomic E-state index is 10.1. The predicted molar refractivity (Wildman–Crippen MR) is 81.7 cm³/mol. The van der Waals surface area contributed by atoms with Crippen molar-refractivity contribution in [2.75, 3.05) is 6.61 Å². The van der Waals surface area contributed by atoms with Crippen LogP contribution in [0.2, 0.25) is 0 Å². The van der Waals surface area contributed by atoms with Gasteiger partial charge in [0.15, 0.2) is 0 Å². The van der Waals surface area contributed by atoms with Gasteiger partial charge >= 0.3 is 29.6 Å². The van der Waals surface area contributed by atoms with E-state index in [9.17, 15) is 8.76 Å². The average molecular weight is 315 g/mol. The molecule has 20 heavy (non-hydrogen) atoms. The Hall–Kier alpha value is 1.07. The third-order valence-corrected chi connectivity index (χ3v) is 3.79. The van der Waals surface area contributed by atoms with Crippen LogP contribution in [0.15, 0.2) is 0 Å². The summed E-state index contributed by atoms with van der Waals surface area (Å²) < 4.78 is 24.6. The third-order valence-electron chi connectivity index (χ3n) is 3.43. The summed E-state index contributed by atoms with van der Waals surface area (Å²) in [6.07, 6.45) is 16.8. The van der Waals surface area contributed by atoms with Crippen LogP contribution in [-0.4, -0.2) is 15.4 Å². The summed E-state index contributed by atoms with van der Waals surface area (Å²) in [6, 6.07) is 0. The standard InChI is InChI=1S/C15H32O3S.Na.H/c1-2-3-4-5-6-7-8-9-10-11-12-13-14-15-18-19(16)17;;/h2-15H2,1H3,(H,16,17);;/q;+1;-1/p-1. The van der Waals surface area contributed by atoms with Gasteiger partial charge in [-0.3, -0.25) is 0 Å². The number of rotatable bonds is 15. The molecule has 0 aliphatic heterocycles. The minimum atomic E-state index is -2.33. The molecule has 5 heteroatoms. The summed E-state index contributed by atoms with van der Waals surface area (Å²) in [5, 5.41) is 0. The van der Waals surface area contributed by atoms with Crippen LogP contribution in [0.3, 0.4) is 0 Å². The molecule has 0 heterocycles. The Kier molecular flexibility index (Phi) is 23.4. The molecule has 0 aliphatic rings. The molecule has 0 fully saturated rings. The van der Waals surface area contributed by atoms with Gasteiger partial charge in [-0.25, -0.2) is 4.21 Å². The van der Waals surface area contributed by atoms with E-state index >= 15 is 0 Å². The first kappa shape index (κ1) is 23.3. The molecule has 0 aliphatic carbocycles. The monoisotopic (exact) mass is 315 g/mol. The summed E-state index contributed by atoms with van der Waals surface area (Å²) in [5.74, 6) is 0. The first-order valence-corrected chi connectivity index (χ1v) is 9.00. The van der Waals surface area contributed by atoms with E-state index in [4.69, 9.17) is 0 Å². The van der Waals surface area contributed by atoms with Gasteiger partial charge in [-0.05, 0) is 6.42 Å². The van der Waals surface area contributed by atoms with Gasteiger partial charge in [-0.15, -0.1) is 0 Å². The second-order valence-electron chi connectivity index (χ2n) is 5.27. The van der Waals surface area contributed by atoms with Crippen molar-refractivity contribution in [3.63, 3.8) is 0 Å². The van der Waals surface area contributed by atoms with Crippen molar-refractivity contribution < 1.29 is 43.9 Å². The van der Waals surface area contributed by atoms with Gasteiger partial charge in [0.25, 0.3) is 0 Å². The molecule has 0 spiro atoms. The quantitative estimate of drug-likeness (QED) is 0.264. The van der Waals surface area contributed by atoms with Crippen molar-refractivity contribution in [1.29, 1.82) is 0 Å². The van der Waals surface area contributed by atoms with Gasteiger partial charge in [0.1, 0.15) is 0 Å². The van der Waals surface area contributed by atoms with Crippen molar-refractivity contribution in [3.8, 4) is 0 Å². The average Bonchev–Trinajstić information content (AvgIpc) is 2.39. The maximum atomic E-state index is 10.1. The molecule has 0 amide bonds. The summed E-state index contributed by atoms with van der Waals surface area (Å²) >= 11 is -2.33. The molecule has 0 aromatic carbocycles. The fourth-order valence-corrected chi connectivity index (χ4v) is 2.50. The van der Waals surface area contributed by atoms with E-state index in [1.165, 1.54) is 70.6 Å². The fraction of sp³-hybridized carbons (Fsp3) is 1.00. The van der Waals surface area contributed by atoms with Crippen molar-refractivity contribution in [2.24, 2.45) is 0 Å². The Labute approximate surface area is 151 Å². The van der Waals surface area contributed by atoms with E-state index < -0.39 is 11.4 Å². The van der Waals surface area contributed by atoms with Crippen LogP contribution in [0.1, 0.15) is 91.8 Å². The van der Waals surface area contributed by atoms with Gasteiger partial charge in [-0.2, -0.15) is 0 Å². The molecular weight excluding hydrogens is 283 g/mol. The minimum Gasteiger partial charge on any atom is -1.00 e. The zero-order valence-corrected chi connectivity index (χ0v) is 16.3. The Balaban J connectivity index is -0.00000162. The molecule has 0 N–H and O–H groups in total. The molecule has 0 saturated carbocycles. The summed E-state index contributed by atoms with van der Waals surface area (Å²) in [5.41, 5.74) is 0. The van der Waals surface area contributed by atoms with E-state index in [0.717, 1.165) is 12.8 Å².